The molecule has 0 atom stereocenters. The molecule has 0 saturated carbocycles. The molecule has 1 amide bonds. The lowest BCUT2D eigenvalue weighted by Crippen LogP contribution is -2.30. The molecule has 1 aliphatic heterocycles. The van der Waals surface area contributed by atoms with E-state index >= 15 is 0 Å². The Hall–Kier alpha value is -1.69. The molecule has 1 aromatic carbocycles. The summed E-state index contributed by atoms with van der Waals surface area (Å²) >= 11 is 3.41. The van der Waals surface area contributed by atoms with Crippen LogP contribution in [0.25, 0.3) is 0 Å². The van der Waals surface area contributed by atoms with Gasteiger partial charge in [0, 0.05) is 23.6 Å². The highest BCUT2D eigenvalue weighted by atomic mass is 79.9. The Balaban J connectivity index is 2.11. The molecule has 1 aliphatic rings. The van der Waals surface area contributed by atoms with Crippen molar-refractivity contribution in [3.63, 3.8) is 0 Å². The van der Waals surface area contributed by atoms with Crippen molar-refractivity contribution in [1.29, 1.82) is 0 Å². The van der Waals surface area contributed by atoms with E-state index < -0.39 is 0 Å². The second-order valence-electron chi connectivity index (χ2n) is 4.32. The number of methoxy groups -OCH3 is 1. The van der Waals surface area contributed by atoms with Crippen molar-refractivity contribution in [3.8, 4) is 5.75 Å². The number of rotatable bonds is 4. The summed E-state index contributed by atoms with van der Waals surface area (Å²) in [4.78, 5) is 13.7. The molecule has 0 radical (unpaired) electrons. The molecule has 0 spiro atoms. The zero-order valence-corrected chi connectivity index (χ0v) is 13.0. The average molecular weight is 342 g/mol. The van der Waals surface area contributed by atoms with Gasteiger partial charge in [0.25, 0.3) is 5.91 Å². The number of benzene rings is 1. The summed E-state index contributed by atoms with van der Waals surface area (Å²) < 4.78 is 16.6. The van der Waals surface area contributed by atoms with Crippen LogP contribution in [0.1, 0.15) is 5.56 Å². The van der Waals surface area contributed by atoms with E-state index in [2.05, 4.69) is 15.9 Å². The van der Waals surface area contributed by atoms with Crippen LogP contribution in [0, 0.1) is 0 Å². The van der Waals surface area contributed by atoms with E-state index in [1.54, 1.807) is 19.1 Å². The van der Waals surface area contributed by atoms with Gasteiger partial charge in [-0.3, -0.25) is 4.79 Å². The third kappa shape index (κ3) is 3.45. The van der Waals surface area contributed by atoms with Crippen molar-refractivity contribution >= 4 is 21.8 Å². The Morgan fingerprint density at radius 3 is 2.90 bits per heavy atom. The minimum absolute atomic E-state index is 0.216. The average Bonchev–Trinajstić information content (AvgIpc) is 2.47. The van der Waals surface area contributed by atoms with Gasteiger partial charge < -0.3 is 19.1 Å². The molecule has 1 heterocycles. The zero-order chi connectivity index (χ0) is 14.5. The van der Waals surface area contributed by atoms with Gasteiger partial charge in [-0.15, -0.1) is 0 Å². The van der Waals surface area contributed by atoms with Crippen LogP contribution in [0.15, 0.2) is 34.7 Å². The molecule has 0 aromatic heterocycles. The van der Waals surface area contributed by atoms with Crippen LogP contribution in [-0.2, 0) is 20.8 Å². The lowest BCUT2D eigenvalue weighted by molar-refractivity contribution is -0.131. The maximum Gasteiger partial charge on any atom is 0.292 e. The van der Waals surface area contributed by atoms with Crippen molar-refractivity contribution in [2.75, 3.05) is 27.4 Å². The fraction of sp³-hybridized carbons (Fsp3) is 0.357. The molecule has 0 fully saturated rings. The van der Waals surface area contributed by atoms with E-state index in [1.165, 1.54) is 6.26 Å². The minimum atomic E-state index is -0.216. The van der Waals surface area contributed by atoms with Gasteiger partial charge in [0.1, 0.15) is 25.2 Å². The Morgan fingerprint density at radius 1 is 1.45 bits per heavy atom. The maximum absolute atomic E-state index is 12.2. The molecule has 0 aliphatic carbocycles. The van der Waals surface area contributed by atoms with Crippen molar-refractivity contribution in [2.24, 2.45) is 0 Å². The third-order valence-electron chi connectivity index (χ3n) is 2.86. The Labute approximate surface area is 126 Å². The predicted molar refractivity (Wildman–Crippen MR) is 77.2 cm³/mol. The Kier molecular flexibility index (Phi) is 4.89. The monoisotopic (exact) mass is 341 g/mol. The van der Waals surface area contributed by atoms with E-state index in [4.69, 9.17) is 14.2 Å². The van der Waals surface area contributed by atoms with Gasteiger partial charge >= 0.3 is 0 Å². The van der Waals surface area contributed by atoms with E-state index in [0.717, 1.165) is 15.8 Å². The van der Waals surface area contributed by atoms with Gasteiger partial charge in [-0.25, -0.2) is 0 Å². The number of ether oxygens (including phenoxy) is 3. The molecule has 0 bridgehead atoms. The van der Waals surface area contributed by atoms with Gasteiger partial charge in [0.15, 0.2) is 0 Å². The van der Waals surface area contributed by atoms with Crippen molar-refractivity contribution in [1.82, 2.24) is 4.90 Å². The second kappa shape index (κ2) is 6.65. The first-order chi connectivity index (χ1) is 9.61. The highest BCUT2D eigenvalue weighted by Crippen LogP contribution is 2.24. The lowest BCUT2D eigenvalue weighted by Gasteiger charge is -2.22. The summed E-state index contributed by atoms with van der Waals surface area (Å²) in [6, 6.07) is 5.68. The number of nitrogens with zero attached hydrogens (tertiary/aromatic N) is 1. The molecule has 2 rings (SSSR count). The highest BCUT2D eigenvalue weighted by Gasteiger charge is 2.20. The fourth-order valence-electron chi connectivity index (χ4n) is 1.87. The predicted octanol–water partition coefficient (Wildman–Crippen LogP) is 2.30. The zero-order valence-electron chi connectivity index (χ0n) is 11.4. The minimum Gasteiger partial charge on any atom is -0.496 e. The van der Waals surface area contributed by atoms with Gasteiger partial charge in [-0.1, -0.05) is 15.9 Å². The molecular weight excluding hydrogens is 326 g/mol. The van der Waals surface area contributed by atoms with Gasteiger partial charge in [0.2, 0.25) is 5.76 Å². The smallest absolute Gasteiger partial charge is 0.292 e. The molecule has 20 heavy (non-hydrogen) atoms. The maximum atomic E-state index is 12.2. The standard InChI is InChI=1S/C14H16BrNO4/c1-16(14(17)13-9-19-5-6-20-13)8-10-7-11(15)3-4-12(10)18-2/h3-4,7,9H,5-6,8H2,1-2H3. The van der Waals surface area contributed by atoms with E-state index in [0.29, 0.717) is 19.8 Å². The second-order valence-corrected chi connectivity index (χ2v) is 5.23. The summed E-state index contributed by atoms with van der Waals surface area (Å²) in [6.45, 7) is 1.29. The van der Waals surface area contributed by atoms with Gasteiger partial charge in [0.05, 0.1) is 7.11 Å². The van der Waals surface area contributed by atoms with Crippen molar-refractivity contribution < 1.29 is 19.0 Å². The molecule has 6 heteroatoms. The van der Waals surface area contributed by atoms with Crippen LogP contribution >= 0.6 is 15.9 Å². The Bertz CT molecular complexity index is 530. The van der Waals surface area contributed by atoms with Crippen LogP contribution in [-0.4, -0.2) is 38.2 Å². The molecule has 0 N–H and O–H groups in total. The first-order valence-electron chi connectivity index (χ1n) is 6.14. The molecule has 0 saturated heterocycles. The number of likely N-dealkylation sites (N-methyl/N-ethyl adjacent to an activating group) is 1. The van der Waals surface area contributed by atoms with Crippen LogP contribution in [0.5, 0.6) is 5.75 Å². The number of carbonyl (C=O) groups excluding carboxylic acids is 1. The van der Waals surface area contributed by atoms with Crippen LogP contribution in [0.4, 0.5) is 0 Å². The van der Waals surface area contributed by atoms with Gasteiger partial charge in [-0.2, -0.15) is 0 Å². The van der Waals surface area contributed by atoms with Crippen molar-refractivity contribution in [2.45, 2.75) is 6.54 Å². The quantitative estimate of drug-likeness (QED) is 0.843. The normalized spacial score (nSPS) is 13.8. The molecule has 0 unspecified atom stereocenters. The van der Waals surface area contributed by atoms with Crippen LogP contribution in [0.3, 0.4) is 0 Å². The SMILES string of the molecule is COc1ccc(Br)cc1CN(C)C(=O)C1=COCCO1. The fourth-order valence-corrected chi connectivity index (χ4v) is 2.28. The third-order valence-corrected chi connectivity index (χ3v) is 3.35. The number of hydrogen-bond acceptors (Lipinski definition) is 4. The van der Waals surface area contributed by atoms with E-state index in [9.17, 15) is 4.79 Å². The number of hydrogen-bond donors (Lipinski definition) is 0. The summed E-state index contributed by atoms with van der Waals surface area (Å²) in [7, 11) is 3.32. The first-order valence-corrected chi connectivity index (χ1v) is 6.93. The molecule has 5 nitrogen and oxygen atoms in total. The molecule has 108 valence electrons. The summed E-state index contributed by atoms with van der Waals surface area (Å²) in [5.74, 6) is 0.752. The summed E-state index contributed by atoms with van der Waals surface area (Å²) in [6.07, 6.45) is 1.36. The highest BCUT2D eigenvalue weighted by molar-refractivity contribution is 9.10. The first kappa shape index (κ1) is 14.7. The number of amides is 1. The molecular formula is C14H16BrNO4. The lowest BCUT2D eigenvalue weighted by atomic mass is 10.2. The Morgan fingerprint density at radius 2 is 2.25 bits per heavy atom. The van der Waals surface area contributed by atoms with E-state index in [1.807, 2.05) is 18.2 Å². The van der Waals surface area contributed by atoms with Crippen LogP contribution in [0.2, 0.25) is 0 Å². The van der Waals surface area contributed by atoms with E-state index in [-0.39, 0.29) is 11.7 Å². The van der Waals surface area contributed by atoms with Crippen molar-refractivity contribution in [3.05, 3.63) is 40.3 Å². The number of halogens is 1. The summed E-state index contributed by atoms with van der Waals surface area (Å²) in [5, 5.41) is 0. The summed E-state index contributed by atoms with van der Waals surface area (Å²) in [5.41, 5.74) is 0.912. The topological polar surface area (TPSA) is 48.0 Å². The van der Waals surface area contributed by atoms with Crippen LogP contribution < -0.4 is 4.74 Å². The largest absolute Gasteiger partial charge is 0.496 e. The number of carbonyl (C=O) groups is 1. The van der Waals surface area contributed by atoms with Gasteiger partial charge in [-0.05, 0) is 18.2 Å². The molecule has 1 aromatic rings.